The van der Waals surface area contributed by atoms with Crippen LogP contribution in [0.4, 0.5) is 5.69 Å². The van der Waals surface area contributed by atoms with Crippen LogP contribution < -0.4 is 5.73 Å². The van der Waals surface area contributed by atoms with Gasteiger partial charge in [-0.05, 0) is 45.5 Å². The molecule has 0 radical (unpaired) electrons. The first-order valence-electron chi connectivity index (χ1n) is 6.83. The van der Waals surface area contributed by atoms with Gasteiger partial charge in [0.15, 0.2) is 0 Å². The fourth-order valence-corrected chi connectivity index (χ4v) is 4.53. The summed E-state index contributed by atoms with van der Waals surface area (Å²) in [4.78, 5) is 2.41. The molecule has 2 N–H and O–H groups in total. The Bertz CT molecular complexity index is 658. The van der Waals surface area contributed by atoms with Gasteiger partial charge in [-0.15, -0.1) is 0 Å². The lowest BCUT2D eigenvalue weighted by molar-refractivity contribution is 0.0801. The van der Waals surface area contributed by atoms with Gasteiger partial charge in [0.25, 0.3) is 0 Å². The maximum Gasteiger partial charge on any atom is 0.243 e. The van der Waals surface area contributed by atoms with Gasteiger partial charge in [0, 0.05) is 25.2 Å². The van der Waals surface area contributed by atoms with Crippen LogP contribution in [-0.4, -0.2) is 49.8 Å². The van der Waals surface area contributed by atoms with E-state index in [1.807, 2.05) is 20.9 Å². The first-order chi connectivity index (χ1) is 9.55. The summed E-state index contributed by atoms with van der Waals surface area (Å²) in [6.07, 6.45) is 0. The number of anilines is 1. The van der Waals surface area contributed by atoms with Crippen LogP contribution in [0.3, 0.4) is 0 Å². The number of likely N-dealkylation sites (N-methyl/N-ethyl adjacent to an activating group) is 1. The van der Waals surface area contributed by atoms with E-state index in [1.165, 1.54) is 10.4 Å². The molecule has 0 spiro atoms. The standard InChI is InChI=1S/C14H22ClN3O2S/c1-10-7-11(15)12(16)8-13(10)21(19,20)18-6-5-17(4)14(2,3)9-18/h7-8H,5-6,9,16H2,1-4H3. The number of rotatable bonds is 2. The van der Waals surface area contributed by atoms with E-state index in [9.17, 15) is 8.42 Å². The van der Waals surface area contributed by atoms with Gasteiger partial charge in [-0.1, -0.05) is 11.6 Å². The van der Waals surface area contributed by atoms with Crippen molar-refractivity contribution in [3.8, 4) is 0 Å². The summed E-state index contributed by atoms with van der Waals surface area (Å²) in [6, 6.07) is 3.06. The summed E-state index contributed by atoms with van der Waals surface area (Å²) in [7, 11) is -1.55. The van der Waals surface area contributed by atoms with E-state index in [-0.39, 0.29) is 16.1 Å². The highest BCUT2D eigenvalue weighted by Gasteiger charge is 2.37. The van der Waals surface area contributed by atoms with Gasteiger partial charge in [-0.25, -0.2) is 8.42 Å². The highest BCUT2D eigenvalue weighted by Crippen LogP contribution is 2.30. The molecule has 1 fully saturated rings. The molecule has 0 bridgehead atoms. The van der Waals surface area contributed by atoms with Gasteiger partial charge < -0.3 is 5.73 Å². The minimum absolute atomic E-state index is 0.197. The molecule has 2 rings (SSSR count). The summed E-state index contributed by atoms with van der Waals surface area (Å²) >= 11 is 5.95. The third kappa shape index (κ3) is 3.04. The van der Waals surface area contributed by atoms with Crippen molar-refractivity contribution in [1.82, 2.24) is 9.21 Å². The number of hydrogen-bond acceptors (Lipinski definition) is 4. The number of nitrogens with two attached hydrogens (primary N) is 1. The van der Waals surface area contributed by atoms with E-state index >= 15 is 0 Å². The Morgan fingerprint density at radius 2 is 1.90 bits per heavy atom. The molecule has 0 unspecified atom stereocenters. The number of aryl methyl sites for hydroxylation is 1. The number of benzene rings is 1. The topological polar surface area (TPSA) is 66.6 Å². The van der Waals surface area contributed by atoms with Gasteiger partial charge in [-0.2, -0.15) is 4.31 Å². The normalized spacial score (nSPS) is 20.6. The summed E-state index contributed by atoms with van der Waals surface area (Å²) < 4.78 is 27.3. The minimum atomic E-state index is -3.56. The Balaban J connectivity index is 2.42. The first-order valence-corrected chi connectivity index (χ1v) is 8.64. The minimum Gasteiger partial charge on any atom is -0.397 e. The maximum absolute atomic E-state index is 12.9. The second-order valence-corrected chi connectivity index (χ2v) is 8.53. The average Bonchev–Trinajstić information content (AvgIpc) is 2.36. The zero-order valence-electron chi connectivity index (χ0n) is 12.9. The third-order valence-electron chi connectivity index (χ3n) is 4.19. The fourth-order valence-electron chi connectivity index (χ4n) is 2.49. The van der Waals surface area contributed by atoms with Crippen LogP contribution >= 0.6 is 11.6 Å². The predicted octanol–water partition coefficient (Wildman–Crippen LogP) is 1.95. The SMILES string of the molecule is Cc1cc(Cl)c(N)cc1S(=O)(=O)N1CCN(C)C(C)(C)C1. The van der Waals surface area contributed by atoms with Crippen LogP contribution in [0.15, 0.2) is 17.0 Å². The van der Waals surface area contributed by atoms with Crippen molar-refractivity contribution >= 4 is 27.3 Å². The lowest BCUT2D eigenvalue weighted by atomic mass is 10.0. The molecule has 0 saturated carbocycles. The summed E-state index contributed by atoms with van der Waals surface area (Å²) in [6.45, 7) is 7.45. The van der Waals surface area contributed by atoms with Crippen molar-refractivity contribution in [2.75, 3.05) is 32.4 Å². The molecule has 0 aromatic heterocycles. The molecule has 118 valence electrons. The van der Waals surface area contributed by atoms with Crippen molar-refractivity contribution in [3.63, 3.8) is 0 Å². The number of hydrogen-bond donors (Lipinski definition) is 1. The van der Waals surface area contributed by atoms with Gasteiger partial charge in [-0.3, -0.25) is 4.90 Å². The summed E-state index contributed by atoms with van der Waals surface area (Å²) in [5, 5.41) is 0.380. The van der Waals surface area contributed by atoms with Crippen LogP contribution in [0.1, 0.15) is 19.4 Å². The molecule has 1 saturated heterocycles. The van der Waals surface area contributed by atoms with Crippen LogP contribution in [0.25, 0.3) is 0 Å². The Morgan fingerprint density at radius 1 is 1.29 bits per heavy atom. The van der Waals surface area contributed by atoms with Crippen molar-refractivity contribution in [2.45, 2.75) is 31.2 Å². The molecule has 21 heavy (non-hydrogen) atoms. The van der Waals surface area contributed by atoms with E-state index < -0.39 is 10.0 Å². The Kier molecular flexibility index (Phi) is 4.28. The zero-order valence-corrected chi connectivity index (χ0v) is 14.4. The summed E-state index contributed by atoms with van der Waals surface area (Å²) in [5.41, 5.74) is 6.47. The molecule has 0 amide bonds. The van der Waals surface area contributed by atoms with Crippen LogP contribution in [0, 0.1) is 6.92 Å². The number of halogens is 1. The molecule has 1 aliphatic rings. The largest absolute Gasteiger partial charge is 0.397 e. The van der Waals surface area contributed by atoms with Crippen LogP contribution in [-0.2, 0) is 10.0 Å². The summed E-state index contributed by atoms with van der Waals surface area (Å²) in [5.74, 6) is 0. The number of nitrogens with zero attached hydrogens (tertiary/aromatic N) is 2. The first kappa shape index (κ1) is 16.5. The molecule has 1 aromatic carbocycles. The molecular weight excluding hydrogens is 310 g/mol. The molecule has 1 heterocycles. The van der Waals surface area contributed by atoms with E-state index in [0.29, 0.717) is 30.2 Å². The highest BCUT2D eigenvalue weighted by molar-refractivity contribution is 7.89. The zero-order chi connectivity index (χ0) is 16.0. The third-order valence-corrected chi connectivity index (χ3v) is 6.51. The van der Waals surface area contributed by atoms with Crippen molar-refractivity contribution < 1.29 is 8.42 Å². The lowest BCUT2D eigenvalue weighted by Crippen LogP contribution is -2.58. The predicted molar refractivity (Wildman–Crippen MR) is 86.1 cm³/mol. The molecule has 1 aliphatic heterocycles. The van der Waals surface area contributed by atoms with Gasteiger partial charge in [0.2, 0.25) is 10.0 Å². The quantitative estimate of drug-likeness (QED) is 0.841. The number of nitrogen functional groups attached to an aromatic ring is 1. The highest BCUT2D eigenvalue weighted by atomic mass is 35.5. The van der Waals surface area contributed by atoms with E-state index in [2.05, 4.69) is 4.90 Å². The lowest BCUT2D eigenvalue weighted by Gasteiger charge is -2.44. The Morgan fingerprint density at radius 3 is 2.48 bits per heavy atom. The van der Waals surface area contributed by atoms with E-state index in [1.54, 1.807) is 13.0 Å². The maximum atomic E-state index is 12.9. The monoisotopic (exact) mass is 331 g/mol. The van der Waals surface area contributed by atoms with Gasteiger partial charge in [0.05, 0.1) is 15.6 Å². The Labute approximate surface area is 131 Å². The van der Waals surface area contributed by atoms with E-state index in [4.69, 9.17) is 17.3 Å². The molecule has 0 aliphatic carbocycles. The molecule has 7 heteroatoms. The molecular formula is C14H22ClN3O2S. The van der Waals surface area contributed by atoms with Crippen LogP contribution in [0.5, 0.6) is 0 Å². The smallest absolute Gasteiger partial charge is 0.243 e. The van der Waals surface area contributed by atoms with Crippen molar-refractivity contribution in [3.05, 3.63) is 22.7 Å². The molecule has 5 nitrogen and oxygen atoms in total. The molecule has 1 aromatic rings. The van der Waals surface area contributed by atoms with Crippen LogP contribution in [0.2, 0.25) is 5.02 Å². The van der Waals surface area contributed by atoms with Crippen molar-refractivity contribution in [1.29, 1.82) is 0 Å². The Hall–Kier alpha value is -0.820. The van der Waals surface area contributed by atoms with E-state index in [0.717, 1.165) is 0 Å². The van der Waals surface area contributed by atoms with Gasteiger partial charge >= 0.3 is 0 Å². The molecule has 0 atom stereocenters. The number of sulfonamides is 1. The second kappa shape index (κ2) is 5.43. The van der Waals surface area contributed by atoms with Crippen molar-refractivity contribution in [2.24, 2.45) is 0 Å². The fraction of sp³-hybridized carbons (Fsp3) is 0.571. The van der Waals surface area contributed by atoms with Gasteiger partial charge in [0.1, 0.15) is 0 Å². The number of piperazine rings is 1. The second-order valence-electron chi connectivity index (χ2n) is 6.21. The average molecular weight is 332 g/mol.